The van der Waals surface area contributed by atoms with Crippen molar-refractivity contribution < 1.29 is 4.79 Å². The summed E-state index contributed by atoms with van der Waals surface area (Å²) in [5.41, 5.74) is 6.63. The predicted molar refractivity (Wildman–Crippen MR) is 114 cm³/mol. The van der Waals surface area contributed by atoms with E-state index in [4.69, 9.17) is 4.98 Å². The summed E-state index contributed by atoms with van der Waals surface area (Å²) in [6.07, 6.45) is 2.89. The number of nitrogens with zero attached hydrogens (tertiary/aromatic N) is 3. The summed E-state index contributed by atoms with van der Waals surface area (Å²) in [5, 5.41) is 3.80. The molecule has 1 aliphatic heterocycles. The Morgan fingerprint density at radius 2 is 2.04 bits per heavy atom. The first-order chi connectivity index (χ1) is 13.5. The summed E-state index contributed by atoms with van der Waals surface area (Å²) >= 11 is 0. The number of nitrogens with one attached hydrogen (secondary N) is 1. The van der Waals surface area contributed by atoms with Crippen molar-refractivity contribution in [2.24, 2.45) is 0 Å². The molecule has 0 fully saturated rings. The smallest absolute Gasteiger partial charge is 0.269 e. The number of amides is 1. The van der Waals surface area contributed by atoms with Gasteiger partial charge in [-0.3, -0.25) is 4.79 Å². The van der Waals surface area contributed by atoms with Gasteiger partial charge >= 0.3 is 0 Å². The molecule has 0 saturated heterocycles. The molecule has 1 amide bonds. The molecule has 3 aromatic rings. The standard InChI is InChI=1S/C23H26N4O/c1-5-11-27-16(3)15(2)19-13-20(23(28)24-4)25-22(21(19)27)26-12-10-17-8-6-7-9-18(17)14-26/h5-9,13H,1,10-12,14H2,2-4H3,(H,24,28). The second kappa shape index (κ2) is 7.15. The van der Waals surface area contributed by atoms with E-state index in [0.29, 0.717) is 12.2 Å². The number of aromatic nitrogens is 2. The van der Waals surface area contributed by atoms with E-state index in [1.807, 2.05) is 12.1 Å². The fourth-order valence-corrected chi connectivity index (χ4v) is 4.14. The number of carbonyl (C=O) groups excluding carboxylic acids is 1. The maximum atomic E-state index is 12.4. The van der Waals surface area contributed by atoms with Crippen LogP contribution in [-0.2, 0) is 19.5 Å². The lowest BCUT2D eigenvalue weighted by atomic mass is 10.00. The molecule has 0 atom stereocenters. The molecule has 1 N–H and O–H groups in total. The molecule has 5 heteroatoms. The minimum absolute atomic E-state index is 0.158. The Balaban J connectivity index is 1.94. The molecule has 0 spiro atoms. The number of anilines is 1. The van der Waals surface area contributed by atoms with Crippen LogP contribution in [0.4, 0.5) is 5.82 Å². The maximum Gasteiger partial charge on any atom is 0.269 e. The number of pyridine rings is 1. The molecule has 0 unspecified atom stereocenters. The average Bonchev–Trinajstić information content (AvgIpc) is 2.97. The molecule has 0 aliphatic carbocycles. The monoisotopic (exact) mass is 374 g/mol. The first-order valence-corrected chi connectivity index (χ1v) is 9.70. The van der Waals surface area contributed by atoms with E-state index in [0.717, 1.165) is 36.2 Å². The van der Waals surface area contributed by atoms with Crippen molar-refractivity contribution >= 4 is 22.6 Å². The van der Waals surface area contributed by atoms with Crippen LogP contribution in [0.5, 0.6) is 0 Å². The molecule has 144 valence electrons. The normalized spacial score (nSPS) is 13.5. The Bertz CT molecular complexity index is 1080. The molecule has 1 aliphatic rings. The van der Waals surface area contributed by atoms with Gasteiger partial charge in [-0.05, 0) is 43.0 Å². The molecular formula is C23H26N4O. The summed E-state index contributed by atoms with van der Waals surface area (Å²) in [5.74, 6) is 0.720. The molecular weight excluding hydrogens is 348 g/mol. The van der Waals surface area contributed by atoms with Gasteiger partial charge in [0, 0.05) is 37.8 Å². The van der Waals surface area contributed by atoms with E-state index in [1.165, 1.54) is 22.4 Å². The van der Waals surface area contributed by atoms with Crippen LogP contribution < -0.4 is 10.2 Å². The molecule has 2 aromatic heterocycles. The quantitative estimate of drug-likeness (QED) is 0.708. The summed E-state index contributed by atoms with van der Waals surface area (Å²) in [4.78, 5) is 19.5. The lowest BCUT2D eigenvalue weighted by Gasteiger charge is -2.31. The van der Waals surface area contributed by atoms with Gasteiger partial charge in [0.2, 0.25) is 0 Å². The van der Waals surface area contributed by atoms with Gasteiger partial charge in [-0.1, -0.05) is 30.3 Å². The predicted octanol–water partition coefficient (Wildman–Crippen LogP) is 3.76. The highest BCUT2D eigenvalue weighted by Gasteiger charge is 2.24. The molecule has 0 saturated carbocycles. The van der Waals surface area contributed by atoms with Gasteiger partial charge in [-0.2, -0.15) is 0 Å². The van der Waals surface area contributed by atoms with Crippen LogP contribution in [0.2, 0.25) is 0 Å². The van der Waals surface area contributed by atoms with Crippen molar-refractivity contribution in [1.29, 1.82) is 0 Å². The van der Waals surface area contributed by atoms with Crippen LogP contribution in [-0.4, -0.2) is 29.1 Å². The summed E-state index contributed by atoms with van der Waals surface area (Å²) in [7, 11) is 1.64. The largest absolute Gasteiger partial charge is 0.354 e. The lowest BCUT2D eigenvalue weighted by Crippen LogP contribution is -2.32. The molecule has 1 aromatic carbocycles. The highest BCUT2D eigenvalue weighted by atomic mass is 16.1. The molecule has 5 nitrogen and oxygen atoms in total. The van der Waals surface area contributed by atoms with Gasteiger partial charge in [0.15, 0.2) is 5.82 Å². The number of fused-ring (bicyclic) bond motifs is 2. The van der Waals surface area contributed by atoms with Crippen molar-refractivity contribution in [2.45, 2.75) is 33.4 Å². The second-order valence-electron chi connectivity index (χ2n) is 7.36. The Kier molecular flexibility index (Phi) is 4.67. The third-order valence-electron chi connectivity index (χ3n) is 5.80. The zero-order valence-electron chi connectivity index (χ0n) is 16.7. The van der Waals surface area contributed by atoms with Gasteiger partial charge in [0.05, 0.1) is 5.52 Å². The first-order valence-electron chi connectivity index (χ1n) is 9.70. The Morgan fingerprint density at radius 3 is 2.75 bits per heavy atom. The SMILES string of the molecule is C=CCn1c(C)c(C)c2cc(C(=O)NC)nc(N3CCc4ccccc4C3)c21. The number of allylic oxidation sites excluding steroid dienone is 1. The average molecular weight is 374 g/mol. The van der Waals surface area contributed by atoms with E-state index < -0.39 is 0 Å². The zero-order valence-corrected chi connectivity index (χ0v) is 16.7. The van der Waals surface area contributed by atoms with Gasteiger partial charge in [0.1, 0.15) is 5.69 Å². The topological polar surface area (TPSA) is 50.2 Å². The molecule has 4 rings (SSSR count). The number of benzene rings is 1. The number of aryl methyl sites for hydroxylation is 1. The van der Waals surface area contributed by atoms with E-state index in [1.54, 1.807) is 7.05 Å². The van der Waals surface area contributed by atoms with Crippen LogP contribution in [0.25, 0.3) is 10.9 Å². The minimum Gasteiger partial charge on any atom is -0.354 e. The van der Waals surface area contributed by atoms with Crippen LogP contribution in [0, 0.1) is 13.8 Å². The van der Waals surface area contributed by atoms with Crippen molar-refractivity contribution in [3.05, 3.63) is 71.1 Å². The fourth-order valence-electron chi connectivity index (χ4n) is 4.14. The third-order valence-corrected chi connectivity index (χ3v) is 5.80. The maximum absolute atomic E-state index is 12.4. The highest BCUT2D eigenvalue weighted by Crippen LogP contribution is 2.34. The van der Waals surface area contributed by atoms with Crippen molar-refractivity contribution in [2.75, 3.05) is 18.5 Å². The molecule has 28 heavy (non-hydrogen) atoms. The van der Waals surface area contributed by atoms with Crippen LogP contribution >= 0.6 is 0 Å². The number of rotatable bonds is 4. The fraction of sp³-hybridized carbons (Fsp3) is 0.304. The van der Waals surface area contributed by atoms with Crippen molar-refractivity contribution in [1.82, 2.24) is 14.9 Å². The molecule has 0 bridgehead atoms. The summed E-state index contributed by atoms with van der Waals surface area (Å²) in [6, 6.07) is 10.5. The van der Waals surface area contributed by atoms with Gasteiger partial charge in [-0.25, -0.2) is 4.98 Å². The van der Waals surface area contributed by atoms with E-state index in [9.17, 15) is 4.79 Å². The van der Waals surface area contributed by atoms with Crippen LogP contribution in [0.1, 0.15) is 32.9 Å². The molecule has 0 radical (unpaired) electrons. The third kappa shape index (κ3) is 2.87. The van der Waals surface area contributed by atoms with Crippen molar-refractivity contribution in [3.8, 4) is 0 Å². The molecule has 3 heterocycles. The van der Waals surface area contributed by atoms with Crippen LogP contribution in [0.15, 0.2) is 43.0 Å². The minimum atomic E-state index is -0.158. The van der Waals surface area contributed by atoms with E-state index in [-0.39, 0.29) is 5.91 Å². The first kappa shape index (κ1) is 18.3. The van der Waals surface area contributed by atoms with E-state index >= 15 is 0 Å². The Hall–Kier alpha value is -3.08. The number of carbonyl (C=O) groups is 1. The lowest BCUT2D eigenvalue weighted by molar-refractivity contribution is 0.0958. The van der Waals surface area contributed by atoms with Gasteiger partial charge in [0.25, 0.3) is 5.91 Å². The zero-order chi connectivity index (χ0) is 19.8. The van der Waals surface area contributed by atoms with Crippen molar-refractivity contribution in [3.63, 3.8) is 0 Å². The Labute approximate surface area is 165 Å². The highest BCUT2D eigenvalue weighted by molar-refractivity contribution is 6.01. The van der Waals surface area contributed by atoms with Gasteiger partial charge < -0.3 is 14.8 Å². The van der Waals surface area contributed by atoms with Crippen LogP contribution in [0.3, 0.4) is 0 Å². The van der Waals surface area contributed by atoms with Gasteiger partial charge in [-0.15, -0.1) is 6.58 Å². The van der Waals surface area contributed by atoms with E-state index in [2.05, 4.69) is 59.5 Å². The second-order valence-corrected chi connectivity index (χ2v) is 7.36. The number of hydrogen-bond donors (Lipinski definition) is 1. The Morgan fingerprint density at radius 1 is 1.29 bits per heavy atom. The number of hydrogen-bond acceptors (Lipinski definition) is 3. The summed E-state index contributed by atoms with van der Waals surface area (Å²) < 4.78 is 2.26. The summed E-state index contributed by atoms with van der Waals surface area (Å²) in [6.45, 7) is 10.6.